The Balaban J connectivity index is 1.50. The van der Waals surface area contributed by atoms with Crippen LogP contribution in [0.2, 0.25) is 0 Å². The molecule has 1 N–H and O–H groups in total. The second-order valence-electron chi connectivity index (χ2n) is 8.68. The van der Waals surface area contributed by atoms with Gasteiger partial charge in [0.05, 0.1) is 43.9 Å². The van der Waals surface area contributed by atoms with Gasteiger partial charge in [0.15, 0.2) is 35.7 Å². The van der Waals surface area contributed by atoms with Gasteiger partial charge >= 0.3 is 0 Å². The maximum Gasteiger partial charge on any atom is 0.231 e. The zero-order valence-corrected chi connectivity index (χ0v) is 19.7. The summed E-state index contributed by atoms with van der Waals surface area (Å²) in [4.78, 5) is 0. The molecule has 178 valence electrons. The standard InChI is InChI=1S/C28H25NO6/c1-31-24-8-7-20-22(28(24)32-2)13-29-10-9-18-11-25-26(35-16-34-25)12-21(18)27(29)23(20)15-33-14-17-3-5-19(30)6-4-17/h3-8,11-13H,9-10,14-16H2,1-2H3/p+1. The molecule has 0 spiro atoms. The van der Waals surface area contributed by atoms with E-state index in [1.54, 1.807) is 26.4 Å². The summed E-state index contributed by atoms with van der Waals surface area (Å²) in [5.41, 5.74) is 5.53. The van der Waals surface area contributed by atoms with Crippen LogP contribution in [-0.2, 0) is 30.9 Å². The number of hydrogen-bond acceptors (Lipinski definition) is 6. The first-order chi connectivity index (χ1) is 17.2. The molecule has 0 aliphatic carbocycles. The molecule has 2 aliphatic heterocycles. The Hall–Kier alpha value is -3.97. The lowest BCUT2D eigenvalue weighted by Gasteiger charge is -2.21. The summed E-state index contributed by atoms with van der Waals surface area (Å²) in [6.45, 7) is 1.90. The van der Waals surface area contributed by atoms with Gasteiger partial charge in [-0.3, -0.25) is 0 Å². The first kappa shape index (κ1) is 21.6. The fourth-order valence-corrected chi connectivity index (χ4v) is 5.02. The Morgan fingerprint density at radius 1 is 0.914 bits per heavy atom. The van der Waals surface area contributed by atoms with Crippen LogP contribution in [0.3, 0.4) is 0 Å². The van der Waals surface area contributed by atoms with Crippen LogP contribution in [-0.4, -0.2) is 26.1 Å². The summed E-state index contributed by atoms with van der Waals surface area (Å²) in [5, 5.41) is 11.6. The number of aryl methyl sites for hydroxylation is 2. The number of nitrogens with zero attached hydrogens (tertiary/aromatic N) is 1. The van der Waals surface area contributed by atoms with Gasteiger partial charge in [-0.25, -0.2) is 0 Å². The monoisotopic (exact) mass is 472 g/mol. The zero-order valence-electron chi connectivity index (χ0n) is 19.7. The van der Waals surface area contributed by atoms with E-state index in [1.165, 1.54) is 5.56 Å². The summed E-state index contributed by atoms with van der Waals surface area (Å²) >= 11 is 0. The fourth-order valence-electron chi connectivity index (χ4n) is 5.02. The van der Waals surface area contributed by atoms with Crippen LogP contribution in [0.5, 0.6) is 28.7 Å². The number of phenolic OH excluding ortho intramolecular Hbond substituents is 1. The van der Waals surface area contributed by atoms with E-state index in [0.717, 1.165) is 57.6 Å². The lowest BCUT2D eigenvalue weighted by Crippen LogP contribution is -2.41. The number of hydrogen-bond donors (Lipinski definition) is 1. The molecule has 7 nitrogen and oxygen atoms in total. The first-order valence-electron chi connectivity index (χ1n) is 11.5. The maximum absolute atomic E-state index is 9.58. The molecule has 2 aliphatic rings. The largest absolute Gasteiger partial charge is 0.508 e. The van der Waals surface area contributed by atoms with E-state index >= 15 is 0 Å². The lowest BCUT2D eigenvalue weighted by molar-refractivity contribution is -0.686. The van der Waals surface area contributed by atoms with Crippen LogP contribution >= 0.6 is 0 Å². The molecule has 0 bridgehead atoms. The Kier molecular flexibility index (Phi) is 5.34. The number of aromatic hydroxyl groups is 1. The minimum absolute atomic E-state index is 0.240. The molecule has 4 aromatic rings. The van der Waals surface area contributed by atoms with Gasteiger partial charge < -0.3 is 28.8 Å². The number of methoxy groups -OCH3 is 2. The highest BCUT2D eigenvalue weighted by molar-refractivity contribution is 5.95. The third kappa shape index (κ3) is 3.68. The highest BCUT2D eigenvalue weighted by Crippen LogP contribution is 2.43. The molecular formula is C28H26NO6+. The molecule has 6 rings (SSSR count). The van der Waals surface area contributed by atoms with Crippen LogP contribution in [0.4, 0.5) is 0 Å². The van der Waals surface area contributed by atoms with Crippen molar-refractivity contribution in [2.45, 2.75) is 26.2 Å². The Morgan fingerprint density at radius 2 is 1.71 bits per heavy atom. The third-order valence-electron chi connectivity index (χ3n) is 6.69. The molecular weight excluding hydrogens is 446 g/mol. The lowest BCUT2D eigenvalue weighted by atomic mass is 9.91. The van der Waals surface area contributed by atoms with Crippen molar-refractivity contribution in [2.24, 2.45) is 0 Å². The third-order valence-corrected chi connectivity index (χ3v) is 6.69. The summed E-state index contributed by atoms with van der Waals surface area (Å²) in [6, 6.07) is 15.3. The number of benzene rings is 3. The van der Waals surface area contributed by atoms with Crippen molar-refractivity contribution < 1.29 is 33.4 Å². The molecule has 35 heavy (non-hydrogen) atoms. The summed E-state index contributed by atoms with van der Waals surface area (Å²) < 4.78 is 31.2. The van der Waals surface area contributed by atoms with Crippen molar-refractivity contribution in [3.63, 3.8) is 0 Å². The molecule has 1 aromatic heterocycles. The highest BCUT2D eigenvalue weighted by Gasteiger charge is 2.32. The van der Waals surface area contributed by atoms with E-state index in [-0.39, 0.29) is 12.5 Å². The van der Waals surface area contributed by atoms with E-state index in [9.17, 15) is 5.11 Å². The smallest absolute Gasteiger partial charge is 0.231 e. The zero-order chi connectivity index (χ0) is 23.9. The van der Waals surface area contributed by atoms with Crippen molar-refractivity contribution >= 4 is 10.8 Å². The van der Waals surface area contributed by atoms with Gasteiger partial charge in [0.25, 0.3) is 0 Å². The van der Waals surface area contributed by atoms with E-state index in [4.69, 9.17) is 23.7 Å². The van der Waals surface area contributed by atoms with Gasteiger partial charge in [-0.05, 0) is 47.5 Å². The maximum atomic E-state index is 9.58. The Labute approximate surface area is 203 Å². The van der Waals surface area contributed by atoms with Crippen molar-refractivity contribution in [1.82, 2.24) is 0 Å². The number of fused-ring (bicyclic) bond motifs is 5. The van der Waals surface area contributed by atoms with Crippen molar-refractivity contribution in [1.29, 1.82) is 0 Å². The second-order valence-corrected chi connectivity index (χ2v) is 8.68. The van der Waals surface area contributed by atoms with Crippen LogP contribution in [0, 0.1) is 0 Å². The van der Waals surface area contributed by atoms with Gasteiger partial charge in [0.2, 0.25) is 12.5 Å². The number of ether oxygens (including phenoxy) is 5. The van der Waals surface area contributed by atoms with Crippen LogP contribution in [0.15, 0.2) is 54.7 Å². The topological polar surface area (TPSA) is 70.3 Å². The van der Waals surface area contributed by atoms with Crippen LogP contribution < -0.4 is 23.5 Å². The van der Waals surface area contributed by atoms with E-state index in [0.29, 0.717) is 24.7 Å². The quantitative estimate of drug-likeness (QED) is 0.416. The number of rotatable bonds is 6. The number of pyridine rings is 1. The Morgan fingerprint density at radius 3 is 2.49 bits per heavy atom. The molecule has 0 atom stereocenters. The van der Waals surface area contributed by atoms with Gasteiger partial charge in [0, 0.05) is 11.8 Å². The predicted molar refractivity (Wildman–Crippen MR) is 129 cm³/mol. The van der Waals surface area contributed by atoms with E-state index in [2.05, 4.69) is 29.0 Å². The van der Waals surface area contributed by atoms with Crippen molar-refractivity contribution in [3.05, 3.63) is 71.4 Å². The van der Waals surface area contributed by atoms with Crippen LogP contribution in [0.25, 0.3) is 22.0 Å². The predicted octanol–water partition coefficient (Wildman–Crippen LogP) is 4.52. The van der Waals surface area contributed by atoms with Crippen LogP contribution in [0.1, 0.15) is 16.7 Å². The van der Waals surface area contributed by atoms with Crippen molar-refractivity contribution in [3.8, 4) is 40.0 Å². The highest BCUT2D eigenvalue weighted by atomic mass is 16.7. The van der Waals surface area contributed by atoms with Gasteiger partial charge in [0.1, 0.15) is 5.75 Å². The molecule has 0 amide bonds. The summed E-state index contributed by atoms with van der Waals surface area (Å²) in [6.07, 6.45) is 3.03. The number of aromatic nitrogens is 1. The number of phenols is 1. The average Bonchev–Trinajstić information content (AvgIpc) is 3.34. The molecule has 3 heterocycles. The van der Waals surface area contributed by atoms with Crippen molar-refractivity contribution in [2.75, 3.05) is 21.0 Å². The average molecular weight is 473 g/mol. The minimum atomic E-state index is 0.240. The Bertz CT molecular complexity index is 1430. The molecule has 0 saturated heterocycles. The molecule has 0 fully saturated rings. The van der Waals surface area contributed by atoms with Gasteiger partial charge in [-0.15, -0.1) is 0 Å². The summed E-state index contributed by atoms with van der Waals surface area (Å²) in [5.74, 6) is 3.20. The first-order valence-corrected chi connectivity index (χ1v) is 11.5. The normalized spacial score (nSPS) is 13.4. The minimum Gasteiger partial charge on any atom is -0.508 e. The molecule has 0 radical (unpaired) electrons. The fraction of sp³-hybridized carbons (Fsp3) is 0.250. The van der Waals surface area contributed by atoms with E-state index in [1.807, 2.05) is 18.2 Å². The van der Waals surface area contributed by atoms with E-state index < -0.39 is 0 Å². The van der Waals surface area contributed by atoms with Gasteiger partial charge in [-0.1, -0.05) is 12.1 Å². The molecule has 7 heteroatoms. The molecule has 3 aromatic carbocycles. The molecule has 0 unspecified atom stereocenters. The summed E-state index contributed by atoms with van der Waals surface area (Å²) in [7, 11) is 3.31. The molecule has 0 saturated carbocycles. The van der Waals surface area contributed by atoms with Gasteiger partial charge in [-0.2, -0.15) is 4.57 Å². The SMILES string of the molecule is COc1ccc2c(COCc3ccc(O)cc3)c3[n+](cc2c1OC)CCc1cc2c(cc1-3)OCO2. The second kappa shape index (κ2) is 8.67.